The summed E-state index contributed by atoms with van der Waals surface area (Å²) in [4.78, 5) is 25.1. The van der Waals surface area contributed by atoms with Gasteiger partial charge >= 0.3 is 12.0 Å². The minimum Gasteiger partial charge on any atom is -0.492 e. The molecule has 0 spiro atoms. The van der Waals surface area contributed by atoms with Gasteiger partial charge in [-0.05, 0) is 43.9 Å². The first-order valence-electron chi connectivity index (χ1n) is 12.4. The first-order valence-corrected chi connectivity index (χ1v) is 12.8. The minimum absolute atomic E-state index is 0.260. The highest BCUT2D eigenvalue weighted by Crippen LogP contribution is 2.34. The molecule has 1 aliphatic rings. The molecule has 0 bridgehead atoms. The summed E-state index contributed by atoms with van der Waals surface area (Å²) in [6.45, 7) is 6.93. The Morgan fingerprint density at radius 2 is 1.70 bits per heavy atom. The molecule has 2 rings (SSSR count). The van der Waals surface area contributed by atoms with Crippen LogP contribution in [-0.4, -0.2) is 25.2 Å². The number of hydrogen-bond acceptors (Lipinski definition) is 4. The zero-order valence-electron chi connectivity index (χ0n) is 20.3. The molecule has 1 heterocycles. The molecule has 0 saturated heterocycles. The average Bonchev–Trinajstić information content (AvgIpc) is 2.80. The van der Waals surface area contributed by atoms with Crippen LogP contribution in [0.5, 0.6) is 5.75 Å². The van der Waals surface area contributed by atoms with Crippen LogP contribution in [0.1, 0.15) is 96.6 Å². The van der Waals surface area contributed by atoms with Crippen molar-refractivity contribution in [3.8, 4) is 5.75 Å². The van der Waals surface area contributed by atoms with Gasteiger partial charge in [-0.2, -0.15) is 0 Å². The van der Waals surface area contributed by atoms with Crippen molar-refractivity contribution in [1.82, 2.24) is 10.6 Å². The SMILES string of the molecule is CCCCCCCCCOc1ccc(C2NC(=O)NC(CCCC)=C2C(=O)OCC)cc1Cl. The number of esters is 1. The Labute approximate surface area is 203 Å². The smallest absolute Gasteiger partial charge is 0.338 e. The second-order valence-corrected chi connectivity index (χ2v) is 8.81. The predicted octanol–water partition coefficient (Wildman–Crippen LogP) is 6.83. The molecule has 184 valence electrons. The van der Waals surface area contributed by atoms with E-state index >= 15 is 0 Å². The van der Waals surface area contributed by atoms with Gasteiger partial charge in [0, 0.05) is 5.70 Å². The Bertz CT molecular complexity index is 809. The second kappa shape index (κ2) is 14.8. The lowest BCUT2D eigenvalue weighted by molar-refractivity contribution is -0.139. The molecule has 1 aliphatic heterocycles. The van der Waals surface area contributed by atoms with Crippen molar-refractivity contribution in [2.24, 2.45) is 0 Å². The maximum absolute atomic E-state index is 12.8. The van der Waals surface area contributed by atoms with Crippen molar-refractivity contribution in [3.05, 3.63) is 40.1 Å². The quantitative estimate of drug-likeness (QED) is 0.214. The molecule has 0 aliphatic carbocycles. The molecule has 33 heavy (non-hydrogen) atoms. The lowest BCUT2D eigenvalue weighted by atomic mass is 9.93. The number of benzene rings is 1. The Morgan fingerprint density at radius 1 is 1.00 bits per heavy atom. The third-order valence-corrected chi connectivity index (χ3v) is 6.02. The van der Waals surface area contributed by atoms with E-state index in [-0.39, 0.29) is 12.6 Å². The van der Waals surface area contributed by atoms with Crippen LogP contribution in [0, 0.1) is 0 Å². The molecular formula is C26H39ClN2O4. The molecule has 1 atom stereocenters. The zero-order chi connectivity index (χ0) is 24.1. The first-order chi connectivity index (χ1) is 16.0. The molecule has 2 N–H and O–H groups in total. The maximum Gasteiger partial charge on any atom is 0.338 e. The number of carbonyl (C=O) groups excluding carboxylic acids is 2. The molecular weight excluding hydrogens is 440 g/mol. The third kappa shape index (κ3) is 8.58. The van der Waals surface area contributed by atoms with Gasteiger partial charge in [0.2, 0.25) is 0 Å². The van der Waals surface area contributed by atoms with Crippen LogP contribution in [-0.2, 0) is 9.53 Å². The zero-order valence-corrected chi connectivity index (χ0v) is 21.1. The molecule has 0 aromatic heterocycles. The lowest BCUT2D eigenvalue weighted by Crippen LogP contribution is -2.46. The summed E-state index contributed by atoms with van der Waals surface area (Å²) in [5, 5.41) is 6.10. The predicted molar refractivity (Wildman–Crippen MR) is 133 cm³/mol. The van der Waals surface area contributed by atoms with E-state index in [1.165, 1.54) is 32.1 Å². The van der Waals surface area contributed by atoms with Gasteiger partial charge in [-0.25, -0.2) is 9.59 Å². The van der Waals surface area contributed by atoms with E-state index in [0.717, 1.165) is 31.2 Å². The van der Waals surface area contributed by atoms with Crippen LogP contribution in [0.2, 0.25) is 5.02 Å². The van der Waals surface area contributed by atoms with Gasteiger partial charge in [-0.1, -0.05) is 76.5 Å². The van der Waals surface area contributed by atoms with E-state index < -0.39 is 12.0 Å². The highest BCUT2D eigenvalue weighted by Gasteiger charge is 2.33. The Balaban J connectivity index is 2.08. The summed E-state index contributed by atoms with van der Waals surface area (Å²) in [5.74, 6) is 0.177. The number of hydrogen-bond donors (Lipinski definition) is 2. The summed E-state index contributed by atoms with van der Waals surface area (Å²) in [7, 11) is 0. The number of halogens is 1. The third-order valence-electron chi connectivity index (χ3n) is 5.72. The van der Waals surface area contributed by atoms with E-state index in [4.69, 9.17) is 21.1 Å². The van der Waals surface area contributed by atoms with Gasteiger partial charge < -0.3 is 20.1 Å². The lowest BCUT2D eigenvalue weighted by Gasteiger charge is -2.29. The molecule has 7 heteroatoms. The molecule has 1 unspecified atom stereocenters. The number of ether oxygens (including phenoxy) is 2. The number of carbonyl (C=O) groups is 2. The maximum atomic E-state index is 12.8. The number of rotatable bonds is 15. The number of amides is 2. The van der Waals surface area contributed by atoms with Crippen molar-refractivity contribution in [2.75, 3.05) is 13.2 Å². The molecule has 6 nitrogen and oxygen atoms in total. The van der Waals surface area contributed by atoms with E-state index in [1.807, 2.05) is 12.1 Å². The summed E-state index contributed by atoms with van der Waals surface area (Å²) in [5.41, 5.74) is 1.76. The van der Waals surface area contributed by atoms with Crippen molar-refractivity contribution in [3.63, 3.8) is 0 Å². The largest absolute Gasteiger partial charge is 0.492 e. The van der Waals surface area contributed by atoms with Crippen molar-refractivity contribution in [1.29, 1.82) is 0 Å². The van der Waals surface area contributed by atoms with Crippen molar-refractivity contribution in [2.45, 2.75) is 91.0 Å². The fraction of sp³-hybridized carbons (Fsp3) is 0.615. The van der Waals surface area contributed by atoms with E-state index in [2.05, 4.69) is 24.5 Å². The molecule has 0 radical (unpaired) electrons. The van der Waals surface area contributed by atoms with Crippen LogP contribution in [0.3, 0.4) is 0 Å². The summed E-state index contributed by atoms with van der Waals surface area (Å²) < 4.78 is 11.2. The Hall–Kier alpha value is -2.21. The van der Waals surface area contributed by atoms with Crippen molar-refractivity contribution < 1.29 is 19.1 Å². The van der Waals surface area contributed by atoms with E-state index in [1.54, 1.807) is 13.0 Å². The average molecular weight is 479 g/mol. The van der Waals surface area contributed by atoms with Gasteiger partial charge in [-0.3, -0.25) is 0 Å². The molecule has 0 saturated carbocycles. The standard InChI is InChI=1S/C26H39ClN2O4/c1-4-7-9-10-11-12-13-17-33-22-16-15-19(18-20(22)27)24-23(25(30)32-6-3)21(14-8-5-2)28-26(31)29-24/h15-16,18,24H,4-14,17H2,1-3H3,(H2,28,29,31). The molecule has 0 fully saturated rings. The van der Waals surface area contributed by atoms with Gasteiger partial charge in [0.25, 0.3) is 0 Å². The van der Waals surface area contributed by atoms with Crippen molar-refractivity contribution >= 4 is 23.6 Å². The fourth-order valence-corrected chi connectivity index (χ4v) is 4.17. The topological polar surface area (TPSA) is 76.7 Å². The van der Waals surface area contributed by atoms with Crippen LogP contribution in [0.25, 0.3) is 0 Å². The number of nitrogens with one attached hydrogen (secondary N) is 2. The van der Waals surface area contributed by atoms with Gasteiger partial charge in [0.1, 0.15) is 5.75 Å². The summed E-state index contributed by atoms with van der Waals surface area (Å²) in [6, 6.07) is 4.45. The summed E-state index contributed by atoms with van der Waals surface area (Å²) >= 11 is 6.51. The minimum atomic E-state index is -0.626. The number of allylic oxidation sites excluding steroid dienone is 1. The highest BCUT2D eigenvalue weighted by atomic mass is 35.5. The number of unbranched alkanes of at least 4 members (excludes halogenated alkanes) is 7. The second-order valence-electron chi connectivity index (χ2n) is 8.41. The van der Waals surface area contributed by atoms with Crippen LogP contribution in [0.15, 0.2) is 29.5 Å². The van der Waals surface area contributed by atoms with Crippen LogP contribution >= 0.6 is 11.6 Å². The van der Waals surface area contributed by atoms with E-state index in [0.29, 0.717) is 35.1 Å². The molecule has 1 aromatic carbocycles. The summed E-state index contributed by atoms with van der Waals surface area (Å²) in [6.07, 6.45) is 10.9. The molecule has 2 amide bonds. The van der Waals surface area contributed by atoms with Crippen LogP contribution in [0.4, 0.5) is 4.79 Å². The number of urea groups is 1. The van der Waals surface area contributed by atoms with Crippen LogP contribution < -0.4 is 15.4 Å². The van der Waals surface area contributed by atoms with Gasteiger partial charge in [0.05, 0.1) is 29.9 Å². The van der Waals surface area contributed by atoms with Gasteiger partial charge in [0.15, 0.2) is 0 Å². The first kappa shape index (κ1) is 27.0. The van der Waals surface area contributed by atoms with E-state index in [9.17, 15) is 9.59 Å². The molecule has 1 aromatic rings. The van der Waals surface area contributed by atoms with Gasteiger partial charge in [-0.15, -0.1) is 0 Å². The Morgan fingerprint density at radius 3 is 2.36 bits per heavy atom. The Kier molecular flexibility index (Phi) is 12.2. The normalized spacial score (nSPS) is 15.8. The highest BCUT2D eigenvalue weighted by molar-refractivity contribution is 6.32. The monoisotopic (exact) mass is 478 g/mol. The fourth-order valence-electron chi connectivity index (χ4n) is 3.92.